The third-order valence-electron chi connectivity index (χ3n) is 11.8. The highest BCUT2D eigenvalue weighted by atomic mass is 16.2. The third kappa shape index (κ3) is 8.01. The zero-order valence-electron chi connectivity index (χ0n) is 30.6. The largest absolute Gasteiger partial charge is 0.339 e. The van der Waals surface area contributed by atoms with E-state index in [4.69, 9.17) is 0 Å². The molecule has 2 fully saturated rings. The summed E-state index contributed by atoms with van der Waals surface area (Å²) in [7, 11) is 0. The van der Waals surface area contributed by atoms with Gasteiger partial charge in [-0.1, -0.05) is 67.8 Å². The molecule has 2 aliphatic rings. The van der Waals surface area contributed by atoms with Crippen molar-refractivity contribution in [3.05, 3.63) is 117 Å². The van der Waals surface area contributed by atoms with Gasteiger partial charge in [0, 0.05) is 37.3 Å². The van der Waals surface area contributed by atoms with E-state index in [9.17, 15) is 9.59 Å². The smallest absolute Gasteiger partial charge is 0.253 e. The van der Waals surface area contributed by atoms with Crippen molar-refractivity contribution < 1.29 is 9.59 Å². The molecule has 0 saturated carbocycles. The molecule has 6 rings (SSSR count). The van der Waals surface area contributed by atoms with Gasteiger partial charge in [-0.3, -0.25) is 9.59 Å². The van der Waals surface area contributed by atoms with Crippen molar-refractivity contribution in [2.75, 3.05) is 26.2 Å². The zero-order chi connectivity index (χ0) is 34.7. The first-order valence-electron chi connectivity index (χ1n) is 18.5. The topological polar surface area (TPSA) is 40.6 Å². The normalized spacial score (nSPS) is 15.9. The number of carbonyl (C=O) groups excluding carboxylic acids is 2. The van der Waals surface area contributed by atoms with E-state index in [2.05, 4.69) is 99.9 Å². The molecule has 0 N–H and O–H groups in total. The third-order valence-corrected chi connectivity index (χ3v) is 11.8. The minimum absolute atomic E-state index is 0.162. The molecule has 0 spiro atoms. The van der Waals surface area contributed by atoms with E-state index in [1.54, 1.807) is 0 Å². The second-order valence-corrected chi connectivity index (χ2v) is 15.0. The SMILES string of the molecule is Cc1cc(-c2ccc(C(=O)N3CCC(CCCC4CCN(C(=O)c5ccc(-c6cc(C)c(C)c(C)c6)cc5)CC4)CC3)cc2)cc(C)c1C. The lowest BCUT2D eigenvalue weighted by Gasteiger charge is -2.34. The molecule has 2 heterocycles. The van der Waals surface area contributed by atoms with Crippen LogP contribution in [0.2, 0.25) is 0 Å². The molecule has 4 aromatic rings. The summed E-state index contributed by atoms with van der Waals surface area (Å²) < 4.78 is 0. The minimum Gasteiger partial charge on any atom is -0.339 e. The van der Waals surface area contributed by atoms with Crippen LogP contribution in [0.4, 0.5) is 0 Å². The van der Waals surface area contributed by atoms with Crippen molar-refractivity contribution in [1.82, 2.24) is 9.80 Å². The Bertz CT molecular complexity index is 1610. The standard InChI is InChI=1S/C45H54N2O2/c1-30-26-42(27-31(2)34(30)5)38-10-14-40(15-11-38)44(48)46-22-18-36(19-23-46)8-7-9-37-20-24-47(25-21-37)45(49)41-16-12-39(13-17-41)43-28-32(3)35(6)33(4)29-43/h10-17,26-29,36-37H,7-9,18-25H2,1-6H3. The van der Waals surface area contributed by atoms with Crippen LogP contribution in [0.3, 0.4) is 0 Å². The quantitative estimate of drug-likeness (QED) is 0.190. The number of carbonyl (C=O) groups is 2. The number of likely N-dealkylation sites (tertiary alicyclic amines) is 2. The lowest BCUT2D eigenvalue weighted by atomic mass is 9.86. The first kappa shape index (κ1) is 34.7. The Morgan fingerprint density at radius 3 is 1.10 bits per heavy atom. The molecule has 2 saturated heterocycles. The molecule has 4 aromatic carbocycles. The van der Waals surface area contributed by atoms with Gasteiger partial charge < -0.3 is 9.80 Å². The van der Waals surface area contributed by atoms with E-state index in [1.807, 2.05) is 24.3 Å². The predicted octanol–water partition coefficient (Wildman–Crippen LogP) is 10.4. The summed E-state index contributed by atoms with van der Waals surface area (Å²) in [6, 6.07) is 25.3. The Labute approximate surface area is 294 Å². The van der Waals surface area contributed by atoms with Gasteiger partial charge in [0.15, 0.2) is 0 Å². The number of aryl methyl sites for hydroxylation is 4. The fourth-order valence-electron chi connectivity index (χ4n) is 7.93. The van der Waals surface area contributed by atoms with Gasteiger partial charge in [-0.25, -0.2) is 0 Å². The molecule has 0 unspecified atom stereocenters. The number of hydrogen-bond donors (Lipinski definition) is 0. The van der Waals surface area contributed by atoms with Crippen LogP contribution in [0.1, 0.15) is 99.0 Å². The second-order valence-electron chi connectivity index (χ2n) is 15.0. The van der Waals surface area contributed by atoms with Crippen LogP contribution in [0.25, 0.3) is 22.3 Å². The van der Waals surface area contributed by atoms with Crippen molar-refractivity contribution in [3.8, 4) is 22.3 Å². The van der Waals surface area contributed by atoms with Crippen LogP contribution in [0.15, 0.2) is 72.8 Å². The van der Waals surface area contributed by atoms with Crippen molar-refractivity contribution in [3.63, 3.8) is 0 Å². The Morgan fingerprint density at radius 1 is 0.490 bits per heavy atom. The van der Waals surface area contributed by atoms with Crippen LogP contribution in [0.5, 0.6) is 0 Å². The van der Waals surface area contributed by atoms with Gasteiger partial charge in [0.25, 0.3) is 11.8 Å². The number of benzene rings is 4. The molecular formula is C45H54N2O2. The Balaban J connectivity index is 0.904. The number of rotatable bonds is 8. The van der Waals surface area contributed by atoms with Crippen LogP contribution >= 0.6 is 0 Å². The maximum Gasteiger partial charge on any atom is 0.253 e. The van der Waals surface area contributed by atoms with Crippen LogP contribution in [0, 0.1) is 53.4 Å². The van der Waals surface area contributed by atoms with Crippen molar-refractivity contribution in [2.24, 2.45) is 11.8 Å². The average molecular weight is 655 g/mol. The maximum atomic E-state index is 13.3. The molecule has 0 aliphatic carbocycles. The molecule has 0 aromatic heterocycles. The Kier molecular flexibility index (Phi) is 10.7. The number of hydrogen-bond acceptors (Lipinski definition) is 2. The van der Waals surface area contributed by atoms with Gasteiger partial charge in [-0.15, -0.1) is 0 Å². The summed E-state index contributed by atoms with van der Waals surface area (Å²) in [4.78, 5) is 30.7. The fourth-order valence-corrected chi connectivity index (χ4v) is 7.93. The van der Waals surface area contributed by atoms with Crippen molar-refractivity contribution >= 4 is 11.8 Å². The lowest BCUT2D eigenvalue weighted by molar-refractivity contribution is 0.0680. The van der Waals surface area contributed by atoms with Gasteiger partial charge in [0.2, 0.25) is 0 Å². The molecule has 4 heteroatoms. The molecule has 49 heavy (non-hydrogen) atoms. The number of nitrogens with zero attached hydrogens (tertiary/aromatic N) is 2. The van der Waals surface area contributed by atoms with Gasteiger partial charge in [-0.2, -0.15) is 0 Å². The summed E-state index contributed by atoms with van der Waals surface area (Å²) in [6.45, 7) is 16.4. The fraction of sp³-hybridized carbons (Fsp3) is 0.422. The molecule has 4 nitrogen and oxygen atoms in total. The Morgan fingerprint density at radius 2 is 0.796 bits per heavy atom. The van der Waals surface area contributed by atoms with Crippen LogP contribution < -0.4 is 0 Å². The lowest BCUT2D eigenvalue weighted by Crippen LogP contribution is -2.39. The monoisotopic (exact) mass is 654 g/mol. The van der Waals surface area contributed by atoms with E-state index in [-0.39, 0.29) is 11.8 Å². The number of amides is 2. The summed E-state index contributed by atoms with van der Waals surface area (Å²) in [6.07, 6.45) is 8.13. The highest BCUT2D eigenvalue weighted by Gasteiger charge is 2.26. The van der Waals surface area contributed by atoms with Crippen molar-refractivity contribution in [2.45, 2.75) is 86.5 Å². The zero-order valence-corrected chi connectivity index (χ0v) is 30.6. The number of piperidine rings is 2. The molecule has 2 aliphatic heterocycles. The second kappa shape index (κ2) is 15.2. The predicted molar refractivity (Wildman–Crippen MR) is 203 cm³/mol. The van der Waals surface area contributed by atoms with E-state index < -0.39 is 0 Å². The molecular weight excluding hydrogens is 601 g/mol. The van der Waals surface area contributed by atoms with Gasteiger partial charge in [0.05, 0.1) is 0 Å². The van der Waals surface area contributed by atoms with Gasteiger partial charge >= 0.3 is 0 Å². The molecule has 256 valence electrons. The molecule has 0 radical (unpaired) electrons. The van der Waals surface area contributed by atoms with Gasteiger partial charge in [0.1, 0.15) is 0 Å². The van der Waals surface area contributed by atoms with E-state index in [1.165, 1.54) is 63.8 Å². The molecule has 0 atom stereocenters. The average Bonchev–Trinajstić information content (AvgIpc) is 3.12. The van der Waals surface area contributed by atoms with Gasteiger partial charge in [-0.05, 0) is 159 Å². The molecule has 0 bridgehead atoms. The first-order valence-corrected chi connectivity index (χ1v) is 18.5. The highest BCUT2D eigenvalue weighted by molar-refractivity contribution is 5.95. The highest BCUT2D eigenvalue weighted by Crippen LogP contribution is 2.30. The van der Waals surface area contributed by atoms with Crippen molar-refractivity contribution in [1.29, 1.82) is 0 Å². The first-order chi connectivity index (χ1) is 23.6. The van der Waals surface area contributed by atoms with Crippen LogP contribution in [-0.2, 0) is 0 Å². The molecule has 2 amide bonds. The summed E-state index contributed by atoms with van der Waals surface area (Å²) in [5.41, 5.74) is 14.2. The summed E-state index contributed by atoms with van der Waals surface area (Å²) >= 11 is 0. The van der Waals surface area contributed by atoms with E-state index in [0.717, 1.165) is 74.1 Å². The summed E-state index contributed by atoms with van der Waals surface area (Å²) in [5.74, 6) is 1.73. The maximum absolute atomic E-state index is 13.3. The van der Waals surface area contributed by atoms with E-state index in [0.29, 0.717) is 11.8 Å². The Hall–Kier alpha value is -4.18. The summed E-state index contributed by atoms with van der Waals surface area (Å²) in [5, 5.41) is 0. The van der Waals surface area contributed by atoms with E-state index >= 15 is 0 Å². The van der Waals surface area contributed by atoms with Crippen LogP contribution in [-0.4, -0.2) is 47.8 Å². The minimum atomic E-state index is 0.162.